The monoisotopic (exact) mass is 249 g/mol. The molecule has 1 aromatic heterocycles. The van der Waals surface area contributed by atoms with Crippen LogP contribution in [-0.4, -0.2) is 26.6 Å². The molecule has 0 aromatic carbocycles. The third-order valence-electron chi connectivity index (χ3n) is 3.19. The summed E-state index contributed by atoms with van der Waals surface area (Å²) in [7, 11) is 0. The molecule has 0 bridgehead atoms. The second kappa shape index (κ2) is 3.73. The minimum Gasteiger partial charge on any atom is -0.444 e. The fraction of sp³-hybridized carbons (Fsp3) is 0.692. The van der Waals surface area contributed by atoms with E-state index in [0.29, 0.717) is 19.0 Å². The van der Waals surface area contributed by atoms with Crippen molar-refractivity contribution < 1.29 is 9.53 Å². The number of rotatable bonds is 1. The molecule has 1 aromatic rings. The molecule has 0 unspecified atom stereocenters. The number of hydrogen-bond donors (Lipinski definition) is 1. The van der Waals surface area contributed by atoms with E-state index in [0.717, 1.165) is 17.2 Å². The highest BCUT2D eigenvalue weighted by atomic mass is 16.6. The minimum absolute atomic E-state index is 0.262. The van der Waals surface area contributed by atoms with Crippen molar-refractivity contribution >= 4 is 6.09 Å². The van der Waals surface area contributed by atoms with E-state index in [1.54, 1.807) is 4.90 Å². The van der Waals surface area contributed by atoms with E-state index in [1.165, 1.54) is 12.8 Å². The van der Waals surface area contributed by atoms with Gasteiger partial charge >= 0.3 is 6.09 Å². The number of fused-ring (bicyclic) bond motifs is 1. The summed E-state index contributed by atoms with van der Waals surface area (Å²) in [6.07, 6.45) is 2.21. The van der Waals surface area contributed by atoms with E-state index in [9.17, 15) is 4.79 Å². The SMILES string of the molecule is CC(C)(C)OC(=O)N1Cc2nc(C3CC3)[nH]c2C1. The van der Waals surface area contributed by atoms with Gasteiger partial charge in [-0.25, -0.2) is 9.78 Å². The van der Waals surface area contributed by atoms with Gasteiger partial charge in [0.25, 0.3) is 0 Å². The van der Waals surface area contributed by atoms with E-state index in [2.05, 4.69) is 9.97 Å². The summed E-state index contributed by atoms with van der Waals surface area (Å²) in [5, 5.41) is 0. The summed E-state index contributed by atoms with van der Waals surface area (Å²) in [6.45, 7) is 6.79. The Balaban J connectivity index is 1.66. The molecule has 5 nitrogen and oxygen atoms in total. The van der Waals surface area contributed by atoms with Gasteiger partial charge in [-0.05, 0) is 33.6 Å². The van der Waals surface area contributed by atoms with Crippen molar-refractivity contribution in [3.63, 3.8) is 0 Å². The molecule has 0 radical (unpaired) electrons. The minimum atomic E-state index is -0.444. The lowest BCUT2D eigenvalue weighted by molar-refractivity contribution is 0.0238. The van der Waals surface area contributed by atoms with Crippen LogP contribution in [0.25, 0.3) is 0 Å². The highest BCUT2D eigenvalue weighted by molar-refractivity contribution is 5.69. The molecule has 0 spiro atoms. The van der Waals surface area contributed by atoms with E-state index in [1.807, 2.05) is 20.8 Å². The van der Waals surface area contributed by atoms with E-state index in [4.69, 9.17) is 4.74 Å². The Labute approximate surface area is 107 Å². The highest BCUT2D eigenvalue weighted by Gasteiger charge is 2.33. The normalized spacial score (nSPS) is 18.9. The molecule has 3 rings (SSSR count). The van der Waals surface area contributed by atoms with Gasteiger partial charge in [-0.2, -0.15) is 0 Å². The molecule has 0 atom stereocenters. The van der Waals surface area contributed by atoms with Gasteiger partial charge in [0.15, 0.2) is 0 Å². The van der Waals surface area contributed by atoms with Crippen LogP contribution < -0.4 is 0 Å². The van der Waals surface area contributed by atoms with E-state index >= 15 is 0 Å². The average molecular weight is 249 g/mol. The lowest BCUT2D eigenvalue weighted by atomic mass is 10.2. The Bertz CT molecular complexity index is 459. The van der Waals surface area contributed by atoms with Crippen molar-refractivity contribution in [2.45, 2.75) is 58.2 Å². The van der Waals surface area contributed by atoms with Gasteiger partial charge in [-0.3, -0.25) is 4.90 Å². The fourth-order valence-electron chi connectivity index (χ4n) is 2.16. The van der Waals surface area contributed by atoms with Crippen LogP contribution in [-0.2, 0) is 17.8 Å². The molecule has 1 saturated carbocycles. The van der Waals surface area contributed by atoms with Crippen LogP contribution >= 0.6 is 0 Å². The fourth-order valence-corrected chi connectivity index (χ4v) is 2.16. The molecule has 1 amide bonds. The second-order valence-electron chi connectivity index (χ2n) is 6.16. The maximum atomic E-state index is 11.9. The number of hydrogen-bond acceptors (Lipinski definition) is 3. The summed E-state index contributed by atoms with van der Waals surface area (Å²) in [5.74, 6) is 1.73. The van der Waals surface area contributed by atoms with Gasteiger partial charge in [0.1, 0.15) is 11.4 Å². The van der Waals surface area contributed by atoms with Gasteiger partial charge in [0.05, 0.1) is 24.5 Å². The second-order valence-corrected chi connectivity index (χ2v) is 6.16. The number of aromatic amines is 1. The number of ether oxygens (including phenoxy) is 1. The first-order chi connectivity index (χ1) is 8.42. The number of carbonyl (C=O) groups is 1. The molecule has 1 fully saturated rings. The Hall–Kier alpha value is -1.52. The maximum absolute atomic E-state index is 11.9. The van der Waals surface area contributed by atoms with Crippen LogP contribution in [0.3, 0.4) is 0 Å². The summed E-state index contributed by atoms with van der Waals surface area (Å²) in [5.41, 5.74) is 1.63. The van der Waals surface area contributed by atoms with Crippen molar-refractivity contribution in [2.24, 2.45) is 0 Å². The topological polar surface area (TPSA) is 58.2 Å². The van der Waals surface area contributed by atoms with Crippen LogP contribution in [0, 0.1) is 0 Å². The maximum Gasteiger partial charge on any atom is 0.410 e. The molecule has 18 heavy (non-hydrogen) atoms. The number of nitrogens with zero attached hydrogens (tertiary/aromatic N) is 2. The summed E-state index contributed by atoms with van der Waals surface area (Å²) < 4.78 is 5.36. The molecule has 1 aliphatic carbocycles. The van der Waals surface area contributed by atoms with Crippen LogP contribution in [0.1, 0.15) is 56.7 Å². The largest absolute Gasteiger partial charge is 0.444 e. The summed E-state index contributed by atoms with van der Waals surface area (Å²) in [6, 6.07) is 0. The standard InChI is InChI=1S/C13H19N3O2/c1-13(2,3)18-12(17)16-6-9-10(7-16)15-11(14-9)8-4-5-8/h8H,4-7H2,1-3H3,(H,14,15). The van der Waals surface area contributed by atoms with Crippen molar-refractivity contribution in [1.29, 1.82) is 0 Å². The van der Waals surface area contributed by atoms with Gasteiger partial charge in [0, 0.05) is 5.92 Å². The number of amides is 1. The molecule has 2 heterocycles. The molecular formula is C13H19N3O2. The first-order valence-electron chi connectivity index (χ1n) is 6.48. The quantitative estimate of drug-likeness (QED) is 0.832. The zero-order valence-electron chi connectivity index (χ0n) is 11.1. The first kappa shape index (κ1) is 11.6. The molecule has 1 N–H and O–H groups in total. The van der Waals surface area contributed by atoms with Gasteiger partial charge in [-0.15, -0.1) is 0 Å². The van der Waals surface area contributed by atoms with E-state index < -0.39 is 5.60 Å². The zero-order chi connectivity index (χ0) is 12.9. The Morgan fingerprint density at radius 2 is 2.11 bits per heavy atom. The summed E-state index contributed by atoms with van der Waals surface area (Å²) in [4.78, 5) is 21.5. The third-order valence-corrected chi connectivity index (χ3v) is 3.19. The van der Waals surface area contributed by atoms with Gasteiger partial charge in [0.2, 0.25) is 0 Å². The first-order valence-corrected chi connectivity index (χ1v) is 6.48. The van der Waals surface area contributed by atoms with Crippen LogP contribution in [0.5, 0.6) is 0 Å². The lowest BCUT2D eigenvalue weighted by Gasteiger charge is -2.24. The predicted octanol–water partition coefficient (Wildman–Crippen LogP) is 2.54. The van der Waals surface area contributed by atoms with Crippen molar-refractivity contribution in [3.05, 3.63) is 17.2 Å². The van der Waals surface area contributed by atoms with Crippen LogP contribution in [0.2, 0.25) is 0 Å². The molecular weight excluding hydrogens is 230 g/mol. The van der Waals surface area contributed by atoms with Crippen LogP contribution in [0.4, 0.5) is 4.79 Å². The number of imidazole rings is 1. The highest BCUT2D eigenvalue weighted by Crippen LogP contribution is 2.39. The number of nitrogens with one attached hydrogen (secondary N) is 1. The Kier molecular flexibility index (Phi) is 2.40. The molecule has 5 heteroatoms. The molecule has 2 aliphatic rings. The van der Waals surface area contributed by atoms with Gasteiger partial charge in [-0.1, -0.05) is 0 Å². The van der Waals surface area contributed by atoms with Crippen molar-refractivity contribution in [2.75, 3.05) is 0 Å². The van der Waals surface area contributed by atoms with Crippen molar-refractivity contribution in [1.82, 2.24) is 14.9 Å². The van der Waals surface area contributed by atoms with Crippen LogP contribution in [0.15, 0.2) is 0 Å². The average Bonchev–Trinajstić information content (AvgIpc) is 2.86. The molecule has 98 valence electrons. The Morgan fingerprint density at radius 3 is 2.67 bits per heavy atom. The van der Waals surface area contributed by atoms with Gasteiger partial charge < -0.3 is 9.72 Å². The smallest absolute Gasteiger partial charge is 0.410 e. The lowest BCUT2D eigenvalue weighted by Crippen LogP contribution is -2.33. The Morgan fingerprint density at radius 1 is 1.39 bits per heavy atom. The molecule has 0 saturated heterocycles. The summed E-state index contributed by atoms with van der Waals surface area (Å²) >= 11 is 0. The zero-order valence-corrected chi connectivity index (χ0v) is 11.1. The number of aromatic nitrogens is 2. The predicted molar refractivity (Wildman–Crippen MR) is 66.0 cm³/mol. The number of carbonyl (C=O) groups excluding carboxylic acids is 1. The molecule has 1 aliphatic heterocycles. The number of H-pyrrole nitrogens is 1. The van der Waals surface area contributed by atoms with Crippen molar-refractivity contribution in [3.8, 4) is 0 Å². The third kappa shape index (κ3) is 2.21. The van der Waals surface area contributed by atoms with E-state index in [-0.39, 0.29) is 6.09 Å².